The van der Waals surface area contributed by atoms with E-state index < -0.39 is 0 Å². The van der Waals surface area contributed by atoms with Gasteiger partial charge in [-0.05, 0) is 19.8 Å². The van der Waals surface area contributed by atoms with Crippen LogP contribution >= 0.6 is 11.3 Å². The zero-order valence-electron chi connectivity index (χ0n) is 11.2. The van der Waals surface area contributed by atoms with Crippen molar-refractivity contribution in [2.75, 3.05) is 6.54 Å². The number of aromatic nitrogens is 4. The van der Waals surface area contributed by atoms with Crippen LogP contribution in [0.15, 0.2) is 6.20 Å². The molecule has 3 heterocycles. The summed E-state index contributed by atoms with van der Waals surface area (Å²) in [6.07, 6.45) is 4.16. The molecule has 20 heavy (non-hydrogen) atoms. The van der Waals surface area contributed by atoms with Crippen molar-refractivity contribution in [3.05, 3.63) is 27.7 Å². The Bertz CT molecular complexity index is 672. The number of fused-ring (bicyclic) bond motifs is 1. The topological polar surface area (TPSA) is 63.9 Å². The molecule has 4 rings (SSSR count). The first-order valence-electron chi connectivity index (χ1n) is 6.86. The van der Waals surface area contributed by atoms with Crippen LogP contribution in [-0.4, -0.2) is 37.1 Å². The van der Waals surface area contributed by atoms with Crippen LogP contribution in [-0.2, 0) is 13.1 Å². The Labute approximate surface area is 120 Å². The van der Waals surface area contributed by atoms with Crippen LogP contribution < -0.4 is 0 Å². The maximum absolute atomic E-state index is 12.5. The van der Waals surface area contributed by atoms with Crippen molar-refractivity contribution < 1.29 is 4.79 Å². The molecular weight excluding hydrogens is 274 g/mol. The normalized spacial score (nSPS) is 18.1. The van der Waals surface area contributed by atoms with Crippen LogP contribution in [0.3, 0.4) is 0 Å². The van der Waals surface area contributed by atoms with E-state index >= 15 is 0 Å². The van der Waals surface area contributed by atoms with E-state index in [9.17, 15) is 4.79 Å². The predicted octanol–water partition coefficient (Wildman–Crippen LogP) is 1.58. The van der Waals surface area contributed by atoms with Gasteiger partial charge in [-0.2, -0.15) is 0 Å². The number of carbonyl (C=O) groups is 1. The summed E-state index contributed by atoms with van der Waals surface area (Å²) in [7, 11) is 0. The van der Waals surface area contributed by atoms with E-state index in [0.717, 1.165) is 28.1 Å². The molecule has 0 saturated heterocycles. The molecule has 1 saturated carbocycles. The third-order valence-electron chi connectivity index (χ3n) is 3.89. The summed E-state index contributed by atoms with van der Waals surface area (Å²) in [6, 6.07) is 0. The van der Waals surface area contributed by atoms with Crippen LogP contribution in [0.1, 0.15) is 45.1 Å². The van der Waals surface area contributed by atoms with Crippen LogP contribution in [0, 0.1) is 6.92 Å². The molecule has 7 heteroatoms. The zero-order chi connectivity index (χ0) is 13.7. The second-order valence-electron chi connectivity index (χ2n) is 5.38. The number of hydrogen-bond acceptors (Lipinski definition) is 5. The number of amides is 1. The van der Waals surface area contributed by atoms with E-state index in [1.165, 1.54) is 12.8 Å². The summed E-state index contributed by atoms with van der Waals surface area (Å²) in [5, 5.41) is 9.31. The molecule has 0 spiro atoms. The second-order valence-corrected chi connectivity index (χ2v) is 6.44. The number of hydrogen-bond donors (Lipinski definition) is 0. The molecular formula is C13H15N5OS. The molecule has 1 fully saturated rings. The fourth-order valence-corrected chi connectivity index (χ4v) is 3.59. The van der Waals surface area contributed by atoms with Gasteiger partial charge in [0, 0.05) is 19.0 Å². The summed E-state index contributed by atoms with van der Waals surface area (Å²) < 4.78 is 2.08. The molecule has 0 aromatic carbocycles. The van der Waals surface area contributed by atoms with Crippen molar-refractivity contribution >= 4 is 17.2 Å². The van der Waals surface area contributed by atoms with Crippen molar-refractivity contribution in [3.8, 4) is 0 Å². The van der Waals surface area contributed by atoms with Gasteiger partial charge in [-0.15, -0.1) is 21.5 Å². The molecule has 104 valence electrons. The average molecular weight is 289 g/mol. The number of thiazole rings is 1. The van der Waals surface area contributed by atoms with Gasteiger partial charge in [0.25, 0.3) is 5.91 Å². The third-order valence-corrected chi connectivity index (χ3v) is 5.03. The third kappa shape index (κ3) is 1.93. The van der Waals surface area contributed by atoms with E-state index in [1.54, 1.807) is 17.5 Å². The quantitative estimate of drug-likeness (QED) is 0.842. The van der Waals surface area contributed by atoms with E-state index in [2.05, 4.69) is 19.7 Å². The van der Waals surface area contributed by atoms with Gasteiger partial charge in [-0.25, -0.2) is 4.98 Å². The van der Waals surface area contributed by atoms with Gasteiger partial charge >= 0.3 is 0 Å². The van der Waals surface area contributed by atoms with Gasteiger partial charge < -0.3 is 9.47 Å². The lowest BCUT2D eigenvalue weighted by Gasteiger charge is -2.27. The number of nitrogens with zero attached hydrogens (tertiary/aromatic N) is 5. The highest BCUT2D eigenvalue weighted by Gasteiger charge is 2.29. The molecule has 2 aromatic rings. The lowest BCUT2D eigenvalue weighted by atomic mass is 10.3. The first-order valence-corrected chi connectivity index (χ1v) is 7.67. The number of carbonyl (C=O) groups excluding carboxylic acids is 1. The zero-order valence-corrected chi connectivity index (χ0v) is 12.1. The fraction of sp³-hybridized carbons (Fsp3) is 0.538. The van der Waals surface area contributed by atoms with Crippen molar-refractivity contribution in [1.29, 1.82) is 0 Å². The molecule has 0 unspecified atom stereocenters. The molecule has 1 aliphatic heterocycles. The number of aryl methyl sites for hydroxylation is 1. The van der Waals surface area contributed by atoms with Gasteiger partial charge in [-0.3, -0.25) is 4.79 Å². The first kappa shape index (κ1) is 12.0. The molecule has 0 radical (unpaired) electrons. The van der Waals surface area contributed by atoms with E-state index in [-0.39, 0.29) is 5.91 Å². The van der Waals surface area contributed by atoms with E-state index in [4.69, 9.17) is 0 Å². The molecule has 2 aromatic heterocycles. The minimum absolute atomic E-state index is 0.0707. The van der Waals surface area contributed by atoms with Gasteiger partial charge in [0.1, 0.15) is 10.7 Å². The highest BCUT2D eigenvalue weighted by atomic mass is 32.1. The van der Waals surface area contributed by atoms with Crippen LogP contribution in [0.25, 0.3) is 0 Å². The van der Waals surface area contributed by atoms with Gasteiger partial charge in [0.05, 0.1) is 17.7 Å². The lowest BCUT2D eigenvalue weighted by Crippen LogP contribution is -2.38. The van der Waals surface area contributed by atoms with Crippen LogP contribution in [0.5, 0.6) is 0 Å². The first-order chi connectivity index (χ1) is 9.72. The second kappa shape index (κ2) is 4.37. The van der Waals surface area contributed by atoms with Crippen molar-refractivity contribution in [1.82, 2.24) is 24.6 Å². The lowest BCUT2D eigenvalue weighted by molar-refractivity contribution is 0.0711. The minimum atomic E-state index is 0.0707. The molecule has 1 amide bonds. The summed E-state index contributed by atoms with van der Waals surface area (Å²) in [6.45, 7) is 3.96. The SMILES string of the molecule is Cc1nnc2n1CCN(C(=O)c1cnc(C3CC3)s1)C2. The molecule has 0 N–H and O–H groups in total. The Balaban J connectivity index is 1.54. The Hall–Kier alpha value is -1.76. The minimum Gasteiger partial charge on any atom is -0.329 e. The maximum atomic E-state index is 12.5. The highest BCUT2D eigenvalue weighted by molar-refractivity contribution is 7.13. The van der Waals surface area contributed by atoms with Gasteiger partial charge in [0.15, 0.2) is 5.82 Å². The Morgan fingerprint density at radius 3 is 3.00 bits per heavy atom. The van der Waals surface area contributed by atoms with Crippen molar-refractivity contribution in [2.45, 2.75) is 38.8 Å². The Morgan fingerprint density at radius 1 is 1.35 bits per heavy atom. The summed E-state index contributed by atoms with van der Waals surface area (Å²) >= 11 is 1.55. The molecule has 0 bridgehead atoms. The van der Waals surface area contributed by atoms with E-state index in [1.807, 2.05) is 11.8 Å². The fourth-order valence-electron chi connectivity index (χ4n) is 2.54. The van der Waals surface area contributed by atoms with E-state index in [0.29, 0.717) is 19.0 Å². The summed E-state index contributed by atoms with van der Waals surface area (Å²) in [5.74, 6) is 2.46. The van der Waals surface area contributed by atoms with Crippen molar-refractivity contribution in [2.24, 2.45) is 0 Å². The van der Waals surface area contributed by atoms with Crippen LogP contribution in [0.2, 0.25) is 0 Å². The van der Waals surface area contributed by atoms with Crippen LogP contribution in [0.4, 0.5) is 0 Å². The number of rotatable bonds is 2. The summed E-state index contributed by atoms with van der Waals surface area (Å²) in [5.41, 5.74) is 0. The van der Waals surface area contributed by atoms with Gasteiger partial charge in [-0.1, -0.05) is 0 Å². The Morgan fingerprint density at radius 2 is 2.20 bits per heavy atom. The predicted molar refractivity (Wildman–Crippen MR) is 73.6 cm³/mol. The smallest absolute Gasteiger partial charge is 0.266 e. The largest absolute Gasteiger partial charge is 0.329 e. The highest BCUT2D eigenvalue weighted by Crippen LogP contribution is 2.41. The average Bonchev–Trinajstić information content (AvgIpc) is 3.09. The molecule has 0 atom stereocenters. The summed E-state index contributed by atoms with van der Waals surface area (Å²) in [4.78, 5) is 19.5. The monoisotopic (exact) mass is 289 g/mol. The molecule has 1 aliphatic carbocycles. The molecule has 6 nitrogen and oxygen atoms in total. The Kier molecular flexibility index (Phi) is 2.63. The standard InChI is InChI=1S/C13H15N5OS/c1-8-15-16-11-7-17(4-5-18(8)11)13(19)10-6-14-12(20-10)9-2-3-9/h6,9H,2-5,7H2,1H3. The van der Waals surface area contributed by atoms with Crippen molar-refractivity contribution in [3.63, 3.8) is 0 Å². The molecule has 2 aliphatic rings. The van der Waals surface area contributed by atoms with Gasteiger partial charge in [0.2, 0.25) is 0 Å². The maximum Gasteiger partial charge on any atom is 0.266 e.